The van der Waals surface area contributed by atoms with Crippen molar-refractivity contribution in [1.29, 1.82) is 0 Å². The van der Waals surface area contributed by atoms with Gasteiger partial charge in [0.1, 0.15) is 0 Å². The minimum Gasteiger partial charge on any atom is -0.308 e. The first-order chi connectivity index (χ1) is 8.85. The second kappa shape index (κ2) is 5.63. The number of rotatable bonds is 3. The van der Waals surface area contributed by atoms with Crippen molar-refractivity contribution in [2.45, 2.75) is 39.8 Å². The lowest BCUT2D eigenvalue weighted by Crippen LogP contribution is -2.35. The molecule has 0 bridgehead atoms. The highest BCUT2D eigenvalue weighted by Gasteiger charge is 2.10. The predicted octanol–water partition coefficient (Wildman–Crippen LogP) is 3.67. The van der Waals surface area contributed by atoms with Crippen molar-refractivity contribution in [3.63, 3.8) is 0 Å². The summed E-state index contributed by atoms with van der Waals surface area (Å²) in [5.41, 5.74) is 3.88. The van der Waals surface area contributed by atoms with E-state index in [0.717, 1.165) is 15.8 Å². The second-order valence-electron chi connectivity index (χ2n) is 5.82. The Bertz CT molecular complexity index is 567. The molecular weight excluding hydrogens is 349 g/mol. The molecule has 0 radical (unpaired) electrons. The number of nitrogens with one attached hydrogen (secondary N) is 1. The van der Waals surface area contributed by atoms with Crippen LogP contribution in [0.5, 0.6) is 0 Å². The minimum atomic E-state index is 0.142. The average molecular weight is 369 g/mol. The molecule has 0 aliphatic carbocycles. The summed E-state index contributed by atoms with van der Waals surface area (Å²) in [6, 6.07) is 6.48. The number of aryl methyl sites for hydroxylation is 1. The molecule has 1 aromatic heterocycles. The molecule has 4 heteroatoms. The highest BCUT2D eigenvalue weighted by Crippen LogP contribution is 2.16. The first-order valence-corrected chi connectivity index (χ1v) is 7.48. The van der Waals surface area contributed by atoms with Crippen LogP contribution >= 0.6 is 22.6 Å². The van der Waals surface area contributed by atoms with Gasteiger partial charge in [0.05, 0.1) is 15.5 Å². The summed E-state index contributed by atoms with van der Waals surface area (Å²) in [6.07, 6.45) is 3.90. The molecule has 0 spiro atoms. The Balaban J connectivity index is 2.18. The third-order valence-electron chi connectivity index (χ3n) is 2.95. The van der Waals surface area contributed by atoms with Gasteiger partial charge in [0.25, 0.3) is 0 Å². The molecule has 1 N–H and O–H groups in total. The molecule has 3 nitrogen and oxygen atoms in total. The van der Waals surface area contributed by atoms with Crippen LogP contribution in [0.2, 0.25) is 0 Å². The van der Waals surface area contributed by atoms with E-state index in [1.807, 2.05) is 17.1 Å². The Morgan fingerprint density at radius 1 is 1.32 bits per heavy atom. The van der Waals surface area contributed by atoms with E-state index in [1.165, 1.54) is 11.1 Å². The summed E-state index contributed by atoms with van der Waals surface area (Å²) in [7, 11) is 0. The molecule has 1 aromatic carbocycles. The van der Waals surface area contributed by atoms with E-state index in [2.05, 4.69) is 78.9 Å². The largest absolute Gasteiger partial charge is 0.308 e. The van der Waals surface area contributed by atoms with Gasteiger partial charge in [-0.2, -0.15) is 5.10 Å². The Morgan fingerprint density at radius 2 is 2.05 bits per heavy atom. The zero-order chi connectivity index (χ0) is 14.0. The third kappa shape index (κ3) is 4.04. The molecule has 102 valence electrons. The fourth-order valence-corrected chi connectivity index (χ4v) is 2.21. The highest BCUT2D eigenvalue weighted by molar-refractivity contribution is 14.1. The molecule has 0 aliphatic heterocycles. The number of halogens is 1. The maximum Gasteiger partial charge on any atom is 0.0648 e. The number of aromatic nitrogens is 2. The molecule has 0 fully saturated rings. The fourth-order valence-electron chi connectivity index (χ4n) is 1.82. The van der Waals surface area contributed by atoms with Crippen molar-refractivity contribution in [1.82, 2.24) is 15.1 Å². The van der Waals surface area contributed by atoms with Crippen molar-refractivity contribution in [3.05, 3.63) is 45.3 Å². The van der Waals surface area contributed by atoms with Gasteiger partial charge in [-0.25, -0.2) is 4.68 Å². The number of nitrogens with zero attached hydrogens (tertiary/aromatic N) is 2. The molecule has 0 unspecified atom stereocenters. The molecular formula is C15H20IN3. The Kier molecular flexibility index (Phi) is 4.30. The summed E-state index contributed by atoms with van der Waals surface area (Å²) in [4.78, 5) is 0. The lowest BCUT2D eigenvalue weighted by atomic mass is 10.0. The van der Waals surface area contributed by atoms with Crippen LogP contribution in [0.1, 0.15) is 31.9 Å². The summed E-state index contributed by atoms with van der Waals surface area (Å²) in [5.74, 6) is 0. The van der Waals surface area contributed by atoms with Gasteiger partial charge in [-0.3, -0.25) is 0 Å². The van der Waals surface area contributed by atoms with Crippen molar-refractivity contribution in [2.24, 2.45) is 0 Å². The zero-order valence-electron chi connectivity index (χ0n) is 11.9. The molecule has 19 heavy (non-hydrogen) atoms. The fraction of sp³-hybridized carbons (Fsp3) is 0.400. The lowest BCUT2D eigenvalue weighted by molar-refractivity contribution is 0.424. The van der Waals surface area contributed by atoms with Crippen LogP contribution in [0.4, 0.5) is 0 Å². The summed E-state index contributed by atoms with van der Waals surface area (Å²) in [6.45, 7) is 9.59. The van der Waals surface area contributed by atoms with E-state index in [9.17, 15) is 0 Å². The quantitative estimate of drug-likeness (QED) is 0.837. The van der Waals surface area contributed by atoms with Crippen LogP contribution in [0.3, 0.4) is 0 Å². The van der Waals surface area contributed by atoms with E-state index in [0.29, 0.717) is 0 Å². The van der Waals surface area contributed by atoms with E-state index in [-0.39, 0.29) is 5.54 Å². The molecule has 2 aromatic rings. The van der Waals surface area contributed by atoms with Crippen molar-refractivity contribution in [3.8, 4) is 5.69 Å². The van der Waals surface area contributed by atoms with Crippen molar-refractivity contribution < 1.29 is 0 Å². The highest BCUT2D eigenvalue weighted by atomic mass is 127. The van der Waals surface area contributed by atoms with Crippen LogP contribution in [0.25, 0.3) is 5.69 Å². The van der Waals surface area contributed by atoms with Crippen LogP contribution in [0, 0.1) is 10.5 Å². The molecule has 0 saturated carbocycles. The Labute approximate surface area is 128 Å². The number of benzene rings is 1. The van der Waals surface area contributed by atoms with Crippen LogP contribution < -0.4 is 5.32 Å². The normalized spacial score (nSPS) is 11.8. The molecule has 0 aliphatic rings. The van der Waals surface area contributed by atoms with Crippen LogP contribution in [-0.4, -0.2) is 15.3 Å². The van der Waals surface area contributed by atoms with Gasteiger partial charge in [-0.05, 0) is 73.5 Å². The van der Waals surface area contributed by atoms with E-state index >= 15 is 0 Å². The molecule has 0 atom stereocenters. The maximum atomic E-state index is 4.34. The topological polar surface area (TPSA) is 29.9 Å². The average Bonchev–Trinajstić information content (AvgIpc) is 2.73. The van der Waals surface area contributed by atoms with Crippen LogP contribution in [0.15, 0.2) is 30.6 Å². The number of hydrogen-bond acceptors (Lipinski definition) is 2. The molecule has 1 heterocycles. The van der Waals surface area contributed by atoms with Gasteiger partial charge in [0.2, 0.25) is 0 Å². The summed E-state index contributed by atoms with van der Waals surface area (Å²) >= 11 is 2.27. The molecule has 0 saturated heterocycles. The first-order valence-electron chi connectivity index (χ1n) is 6.40. The van der Waals surface area contributed by atoms with Gasteiger partial charge in [-0.15, -0.1) is 0 Å². The van der Waals surface area contributed by atoms with Gasteiger partial charge < -0.3 is 5.32 Å². The predicted molar refractivity (Wildman–Crippen MR) is 87.6 cm³/mol. The van der Waals surface area contributed by atoms with E-state index < -0.39 is 0 Å². The second-order valence-corrected chi connectivity index (χ2v) is 7.06. The van der Waals surface area contributed by atoms with Crippen molar-refractivity contribution in [2.75, 3.05) is 0 Å². The van der Waals surface area contributed by atoms with Gasteiger partial charge in [-0.1, -0.05) is 6.07 Å². The number of hydrogen-bond donors (Lipinski definition) is 1. The maximum absolute atomic E-state index is 4.34. The van der Waals surface area contributed by atoms with Gasteiger partial charge in [0, 0.05) is 18.3 Å². The molecule has 2 rings (SSSR count). The lowest BCUT2D eigenvalue weighted by Gasteiger charge is -2.21. The van der Waals surface area contributed by atoms with E-state index in [1.54, 1.807) is 0 Å². The molecule has 0 amide bonds. The summed E-state index contributed by atoms with van der Waals surface area (Å²) < 4.78 is 3.06. The third-order valence-corrected chi connectivity index (χ3v) is 3.51. The SMILES string of the molecule is Cc1cc(-n2cc(I)cn2)ccc1CNC(C)(C)C. The van der Waals surface area contributed by atoms with Crippen LogP contribution in [-0.2, 0) is 6.54 Å². The zero-order valence-corrected chi connectivity index (χ0v) is 14.0. The van der Waals surface area contributed by atoms with Gasteiger partial charge >= 0.3 is 0 Å². The Hall–Kier alpha value is -0.880. The monoisotopic (exact) mass is 369 g/mol. The van der Waals surface area contributed by atoms with Gasteiger partial charge in [0.15, 0.2) is 0 Å². The first kappa shape index (κ1) is 14.5. The van der Waals surface area contributed by atoms with Crippen molar-refractivity contribution >= 4 is 22.6 Å². The summed E-state index contributed by atoms with van der Waals surface area (Å²) in [5, 5.41) is 7.85. The smallest absolute Gasteiger partial charge is 0.0648 e. The minimum absolute atomic E-state index is 0.142. The van der Waals surface area contributed by atoms with E-state index in [4.69, 9.17) is 0 Å². The standard InChI is InChI=1S/C15H20IN3/c1-11-7-14(19-10-13(16)9-18-19)6-5-12(11)8-17-15(2,3)4/h5-7,9-10,17H,8H2,1-4H3. The Morgan fingerprint density at radius 3 is 2.58 bits per heavy atom.